The van der Waals surface area contributed by atoms with Crippen molar-refractivity contribution in [3.05, 3.63) is 64.2 Å². The Hall–Kier alpha value is -3.04. The fourth-order valence-electron chi connectivity index (χ4n) is 2.03. The van der Waals surface area contributed by atoms with Gasteiger partial charge in [0.1, 0.15) is 17.9 Å². The second-order valence-corrected chi connectivity index (χ2v) is 5.46. The SMILES string of the molecule is COCCOc1ccc(NC(=S)NC(=O)c2ccccc2[N+](=O)[O-])cc1. The molecule has 0 radical (unpaired) electrons. The Morgan fingerprint density at radius 3 is 2.50 bits per heavy atom. The van der Waals surface area contributed by atoms with Crippen molar-refractivity contribution in [1.29, 1.82) is 0 Å². The van der Waals surface area contributed by atoms with Crippen LogP contribution in [0.5, 0.6) is 5.75 Å². The summed E-state index contributed by atoms with van der Waals surface area (Å²) >= 11 is 5.08. The van der Waals surface area contributed by atoms with Crippen molar-refractivity contribution in [2.45, 2.75) is 0 Å². The van der Waals surface area contributed by atoms with Gasteiger partial charge in [-0.25, -0.2) is 0 Å². The average Bonchev–Trinajstić information content (AvgIpc) is 2.63. The van der Waals surface area contributed by atoms with Gasteiger partial charge in [0.05, 0.1) is 11.5 Å². The number of nitrogens with zero attached hydrogens (tertiary/aromatic N) is 1. The van der Waals surface area contributed by atoms with Gasteiger partial charge in [-0.2, -0.15) is 0 Å². The highest BCUT2D eigenvalue weighted by molar-refractivity contribution is 7.80. The highest BCUT2D eigenvalue weighted by Gasteiger charge is 2.19. The number of hydrogen-bond donors (Lipinski definition) is 2. The Balaban J connectivity index is 1.94. The molecule has 2 aromatic rings. The summed E-state index contributed by atoms with van der Waals surface area (Å²) < 4.78 is 10.3. The summed E-state index contributed by atoms with van der Waals surface area (Å²) in [5.41, 5.74) is 0.283. The Morgan fingerprint density at radius 1 is 1.15 bits per heavy atom. The van der Waals surface area contributed by atoms with Crippen LogP contribution in [-0.4, -0.2) is 36.3 Å². The van der Waals surface area contributed by atoms with Crippen LogP contribution < -0.4 is 15.4 Å². The van der Waals surface area contributed by atoms with Crippen LogP contribution in [0.3, 0.4) is 0 Å². The molecule has 0 saturated heterocycles. The molecule has 2 N–H and O–H groups in total. The van der Waals surface area contributed by atoms with E-state index >= 15 is 0 Å². The molecule has 26 heavy (non-hydrogen) atoms. The van der Waals surface area contributed by atoms with E-state index in [9.17, 15) is 14.9 Å². The molecule has 0 atom stereocenters. The summed E-state index contributed by atoms with van der Waals surface area (Å²) in [7, 11) is 1.59. The van der Waals surface area contributed by atoms with Gasteiger partial charge in [-0.05, 0) is 42.5 Å². The van der Waals surface area contributed by atoms with Crippen LogP contribution in [0, 0.1) is 10.1 Å². The first-order valence-electron chi connectivity index (χ1n) is 7.59. The quantitative estimate of drug-likeness (QED) is 0.332. The van der Waals surface area contributed by atoms with E-state index in [0.717, 1.165) is 0 Å². The molecule has 0 aromatic heterocycles. The van der Waals surface area contributed by atoms with Crippen LogP contribution in [-0.2, 0) is 4.74 Å². The summed E-state index contributed by atoms with van der Waals surface area (Å²) in [6.45, 7) is 0.926. The molecule has 136 valence electrons. The molecule has 1 amide bonds. The zero-order valence-corrected chi connectivity index (χ0v) is 14.7. The number of methoxy groups -OCH3 is 1. The number of carbonyl (C=O) groups is 1. The molecule has 0 aliphatic rings. The van der Waals surface area contributed by atoms with Crippen molar-refractivity contribution in [2.24, 2.45) is 0 Å². The second-order valence-electron chi connectivity index (χ2n) is 5.05. The van der Waals surface area contributed by atoms with Crippen molar-refractivity contribution in [2.75, 3.05) is 25.6 Å². The van der Waals surface area contributed by atoms with Gasteiger partial charge in [-0.1, -0.05) is 12.1 Å². The molecule has 9 heteroatoms. The Labute approximate surface area is 155 Å². The first-order chi connectivity index (χ1) is 12.5. The molecule has 8 nitrogen and oxygen atoms in total. The van der Waals surface area contributed by atoms with Crippen molar-refractivity contribution >= 4 is 34.6 Å². The van der Waals surface area contributed by atoms with Gasteiger partial charge in [-0.3, -0.25) is 20.2 Å². The molecule has 0 heterocycles. The van der Waals surface area contributed by atoms with Crippen LogP contribution in [0.1, 0.15) is 10.4 Å². The Morgan fingerprint density at radius 2 is 1.85 bits per heavy atom. The lowest BCUT2D eigenvalue weighted by atomic mass is 10.1. The summed E-state index contributed by atoms with van der Waals surface area (Å²) in [5.74, 6) is 0.0109. The van der Waals surface area contributed by atoms with E-state index in [4.69, 9.17) is 21.7 Å². The van der Waals surface area contributed by atoms with Crippen molar-refractivity contribution < 1.29 is 19.2 Å². The number of benzene rings is 2. The minimum atomic E-state index is -0.658. The third-order valence-corrected chi connectivity index (χ3v) is 3.44. The number of nitrogens with one attached hydrogen (secondary N) is 2. The lowest BCUT2D eigenvalue weighted by Crippen LogP contribution is -2.34. The van der Waals surface area contributed by atoms with Gasteiger partial charge in [-0.15, -0.1) is 0 Å². The molecule has 0 unspecified atom stereocenters. The molecule has 0 bridgehead atoms. The monoisotopic (exact) mass is 375 g/mol. The van der Waals surface area contributed by atoms with Gasteiger partial charge >= 0.3 is 0 Å². The molecule has 2 aromatic carbocycles. The van der Waals surface area contributed by atoms with Gasteiger partial charge in [0, 0.05) is 18.9 Å². The second kappa shape index (κ2) is 9.44. The number of amides is 1. The Bertz CT molecular complexity index is 795. The molecule has 2 rings (SSSR count). The molecular weight excluding hydrogens is 358 g/mol. The number of ether oxygens (including phenoxy) is 2. The third kappa shape index (κ3) is 5.50. The van der Waals surface area contributed by atoms with Crippen LogP contribution in [0.4, 0.5) is 11.4 Å². The van der Waals surface area contributed by atoms with E-state index in [1.165, 1.54) is 18.2 Å². The number of rotatable bonds is 7. The maximum Gasteiger partial charge on any atom is 0.282 e. The van der Waals surface area contributed by atoms with Crippen LogP contribution in [0.2, 0.25) is 0 Å². The highest BCUT2D eigenvalue weighted by atomic mass is 32.1. The fourth-order valence-corrected chi connectivity index (χ4v) is 2.25. The van der Waals surface area contributed by atoms with Crippen LogP contribution >= 0.6 is 12.2 Å². The maximum atomic E-state index is 12.2. The normalized spacial score (nSPS) is 10.0. The topological polar surface area (TPSA) is 103 Å². The standard InChI is InChI=1S/C17H17N3O5S/c1-24-10-11-25-13-8-6-12(7-9-13)18-17(26)19-16(21)14-4-2-3-5-15(14)20(22)23/h2-9H,10-11H2,1H3,(H2,18,19,21,26). The molecule has 0 saturated carbocycles. The van der Waals surface area contributed by atoms with E-state index in [-0.39, 0.29) is 16.4 Å². The van der Waals surface area contributed by atoms with E-state index in [2.05, 4.69) is 10.6 Å². The zero-order chi connectivity index (χ0) is 18.9. The molecule has 0 aliphatic carbocycles. The predicted molar refractivity (Wildman–Crippen MR) is 101 cm³/mol. The molecule has 0 aliphatic heterocycles. The predicted octanol–water partition coefficient (Wildman–Crippen LogP) is 2.75. The van der Waals surface area contributed by atoms with Crippen LogP contribution in [0.25, 0.3) is 0 Å². The number of anilines is 1. The van der Waals surface area contributed by atoms with Crippen molar-refractivity contribution in [1.82, 2.24) is 5.32 Å². The minimum Gasteiger partial charge on any atom is -0.491 e. The molecule has 0 fully saturated rings. The maximum absolute atomic E-state index is 12.2. The van der Waals surface area contributed by atoms with E-state index < -0.39 is 10.8 Å². The average molecular weight is 375 g/mol. The van der Waals surface area contributed by atoms with Crippen molar-refractivity contribution in [3.63, 3.8) is 0 Å². The van der Waals surface area contributed by atoms with E-state index in [1.807, 2.05) is 0 Å². The van der Waals surface area contributed by atoms with Gasteiger partial charge in [0.25, 0.3) is 11.6 Å². The van der Waals surface area contributed by atoms with E-state index in [0.29, 0.717) is 24.7 Å². The Kier molecular flexibility index (Phi) is 7.01. The summed E-state index contributed by atoms with van der Waals surface area (Å²) in [6.07, 6.45) is 0. The number of nitro benzene ring substituents is 1. The summed E-state index contributed by atoms with van der Waals surface area (Å²) in [4.78, 5) is 22.6. The van der Waals surface area contributed by atoms with Gasteiger partial charge in [0.15, 0.2) is 5.11 Å². The number of nitro groups is 1. The summed E-state index contributed by atoms with van der Waals surface area (Å²) in [6, 6.07) is 12.6. The van der Waals surface area contributed by atoms with Gasteiger partial charge < -0.3 is 14.8 Å². The zero-order valence-electron chi connectivity index (χ0n) is 13.9. The highest BCUT2D eigenvalue weighted by Crippen LogP contribution is 2.18. The smallest absolute Gasteiger partial charge is 0.282 e. The molecular formula is C17H17N3O5S. The number of hydrogen-bond acceptors (Lipinski definition) is 6. The largest absolute Gasteiger partial charge is 0.491 e. The van der Waals surface area contributed by atoms with Gasteiger partial charge in [0.2, 0.25) is 0 Å². The third-order valence-electron chi connectivity index (χ3n) is 3.24. The lowest BCUT2D eigenvalue weighted by molar-refractivity contribution is -0.385. The fraction of sp³-hybridized carbons (Fsp3) is 0.176. The van der Waals surface area contributed by atoms with Crippen molar-refractivity contribution in [3.8, 4) is 5.75 Å². The summed E-state index contributed by atoms with van der Waals surface area (Å²) in [5, 5.41) is 16.3. The first-order valence-corrected chi connectivity index (χ1v) is 7.99. The number of para-hydroxylation sites is 1. The first kappa shape index (κ1) is 19.3. The minimum absolute atomic E-state index is 0.0289. The van der Waals surface area contributed by atoms with E-state index in [1.54, 1.807) is 37.4 Å². The number of carbonyl (C=O) groups excluding carboxylic acids is 1. The van der Waals surface area contributed by atoms with Crippen LogP contribution in [0.15, 0.2) is 48.5 Å². The number of thiocarbonyl (C=S) groups is 1. The molecule has 0 spiro atoms. The lowest BCUT2D eigenvalue weighted by Gasteiger charge is -2.11.